The van der Waals surface area contributed by atoms with Crippen LogP contribution in [0.4, 0.5) is 0 Å². The predicted octanol–water partition coefficient (Wildman–Crippen LogP) is 3.30. The molecule has 0 N–H and O–H groups in total. The molecule has 3 aromatic rings. The first kappa shape index (κ1) is 23.4. The molecule has 3 heterocycles. The van der Waals surface area contributed by atoms with Gasteiger partial charge in [0.05, 0.1) is 44.4 Å². The maximum absolute atomic E-state index is 13.8. The Hall–Kier alpha value is -3.36. The van der Waals surface area contributed by atoms with E-state index >= 15 is 0 Å². The zero-order valence-corrected chi connectivity index (χ0v) is 20.6. The lowest BCUT2D eigenvalue weighted by molar-refractivity contribution is 0.0314. The highest BCUT2D eigenvalue weighted by molar-refractivity contribution is 5.99. The molecule has 2 aromatic carbocycles. The lowest BCUT2D eigenvalue weighted by Gasteiger charge is -2.31. The van der Waals surface area contributed by atoms with Gasteiger partial charge in [-0.1, -0.05) is 6.07 Å². The lowest BCUT2D eigenvalue weighted by Crippen LogP contribution is -2.42. The molecule has 0 aliphatic carbocycles. The van der Waals surface area contributed by atoms with Crippen molar-refractivity contribution in [2.75, 3.05) is 53.6 Å². The zero-order chi connectivity index (χ0) is 24.7. The van der Waals surface area contributed by atoms with Crippen LogP contribution in [0.5, 0.6) is 11.5 Å². The van der Waals surface area contributed by atoms with Crippen molar-refractivity contribution in [1.29, 1.82) is 0 Å². The van der Waals surface area contributed by atoms with Crippen molar-refractivity contribution < 1.29 is 23.4 Å². The van der Waals surface area contributed by atoms with Gasteiger partial charge >= 0.3 is 0 Å². The molecule has 0 radical (unpaired) electrons. The Morgan fingerprint density at radius 2 is 1.66 bits per heavy atom. The molecule has 1 fully saturated rings. The van der Waals surface area contributed by atoms with Crippen LogP contribution in [0.2, 0.25) is 0 Å². The van der Waals surface area contributed by atoms with Crippen LogP contribution in [-0.4, -0.2) is 69.3 Å². The number of hydrogen-bond acceptors (Lipinski definition) is 7. The van der Waals surface area contributed by atoms with Crippen LogP contribution in [0.3, 0.4) is 0 Å². The second-order valence-electron chi connectivity index (χ2n) is 9.08. The number of ether oxygens (including phenoxy) is 3. The third-order valence-corrected chi connectivity index (χ3v) is 7.07. The van der Waals surface area contributed by atoms with Gasteiger partial charge in [-0.3, -0.25) is 14.5 Å². The van der Waals surface area contributed by atoms with Crippen molar-refractivity contribution in [3.63, 3.8) is 0 Å². The number of fused-ring (bicyclic) bond motifs is 2. The average Bonchev–Trinajstić information content (AvgIpc) is 3.15. The van der Waals surface area contributed by atoms with Gasteiger partial charge in [0.15, 0.2) is 16.9 Å². The molecule has 1 atom stereocenters. The third-order valence-electron chi connectivity index (χ3n) is 7.07. The minimum Gasteiger partial charge on any atom is -0.493 e. The van der Waals surface area contributed by atoms with Crippen molar-refractivity contribution in [1.82, 2.24) is 9.80 Å². The van der Waals surface area contributed by atoms with E-state index in [1.165, 1.54) is 0 Å². The van der Waals surface area contributed by atoms with Crippen LogP contribution in [0.1, 0.15) is 38.9 Å². The first-order valence-corrected chi connectivity index (χ1v) is 11.8. The van der Waals surface area contributed by atoms with Gasteiger partial charge in [0.1, 0.15) is 5.58 Å². The fraction of sp³-hybridized carbons (Fsp3) is 0.407. The molecule has 1 amide bonds. The van der Waals surface area contributed by atoms with E-state index in [2.05, 4.69) is 4.90 Å². The van der Waals surface area contributed by atoms with Gasteiger partial charge in [-0.25, -0.2) is 0 Å². The van der Waals surface area contributed by atoms with Crippen molar-refractivity contribution >= 4 is 16.9 Å². The highest BCUT2D eigenvalue weighted by Gasteiger charge is 2.43. The standard InChI is InChI=1S/C27H30N2O6/c1-16-13-19-21(14-17(16)2)35-26-23(25(19)30)24(18-5-6-20(32-3)22(15-18)33-4)29(27(26)31)8-7-28-9-11-34-12-10-28/h5-6,13-15,24H,7-12H2,1-4H3. The van der Waals surface area contributed by atoms with Crippen LogP contribution in [-0.2, 0) is 4.74 Å². The highest BCUT2D eigenvalue weighted by Crippen LogP contribution is 2.41. The molecule has 0 spiro atoms. The molecular weight excluding hydrogens is 448 g/mol. The first-order valence-electron chi connectivity index (χ1n) is 11.8. The van der Waals surface area contributed by atoms with Crippen LogP contribution >= 0.6 is 0 Å². The van der Waals surface area contributed by atoms with E-state index in [4.69, 9.17) is 18.6 Å². The summed E-state index contributed by atoms with van der Waals surface area (Å²) in [5, 5.41) is 0.486. The van der Waals surface area contributed by atoms with Gasteiger partial charge in [-0.2, -0.15) is 0 Å². The molecule has 0 bridgehead atoms. The average molecular weight is 479 g/mol. The van der Waals surface area contributed by atoms with E-state index in [0.29, 0.717) is 54.3 Å². The zero-order valence-electron chi connectivity index (χ0n) is 20.6. The Morgan fingerprint density at radius 3 is 2.37 bits per heavy atom. The molecule has 35 heavy (non-hydrogen) atoms. The van der Waals surface area contributed by atoms with Gasteiger partial charge in [-0.15, -0.1) is 0 Å². The molecule has 1 unspecified atom stereocenters. The van der Waals surface area contributed by atoms with Crippen molar-refractivity contribution in [3.8, 4) is 11.5 Å². The van der Waals surface area contributed by atoms with Gasteiger partial charge in [-0.05, 0) is 54.8 Å². The van der Waals surface area contributed by atoms with E-state index in [9.17, 15) is 9.59 Å². The Balaban J connectivity index is 1.64. The smallest absolute Gasteiger partial charge is 0.290 e. The summed E-state index contributed by atoms with van der Waals surface area (Å²) in [5.41, 5.74) is 3.41. The molecule has 0 saturated carbocycles. The largest absolute Gasteiger partial charge is 0.493 e. The molecule has 1 saturated heterocycles. The van der Waals surface area contributed by atoms with E-state index in [-0.39, 0.29) is 17.1 Å². The summed E-state index contributed by atoms with van der Waals surface area (Å²) in [6.45, 7) is 8.05. The lowest BCUT2D eigenvalue weighted by atomic mass is 9.97. The number of nitrogens with zero attached hydrogens (tertiary/aromatic N) is 2. The molecule has 5 rings (SSSR count). The Bertz CT molecular complexity index is 1340. The number of carbonyl (C=O) groups excluding carboxylic acids is 1. The fourth-order valence-electron chi connectivity index (χ4n) is 4.95. The molecule has 2 aliphatic rings. The van der Waals surface area contributed by atoms with Crippen molar-refractivity contribution in [2.24, 2.45) is 0 Å². The van der Waals surface area contributed by atoms with Crippen LogP contribution in [0.25, 0.3) is 11.0 Å². The number of benzene rings is 2. The van der Waals surface area contributed by atoms with E-state index in [0.717, 1.165) is 29.8 Å². The van der Waals surface area contributed by atoms with Crippen LogP contribution in [0.15, 0.2) is 39.5 Å². The number of aryl methyl sites for hydroxylation is 2. The molecule has 184 valence electrons. The number of amides is 1. The van der Waals surface area contributed by atoms with Crippen LogP contribution in [0, 0.1) is 13.8 Å². The van der Waals surface area contributed by atoms with Gasteiger partial charge < -0.3 is 23.5 Å². The summed E-state index contributed by atoms with van der Waals surface area (Å²) in [5.74, 6) is 0.964. The summed E-state index contributed by atoms with van der Waals surface area (Å²) in [6, 6.07) is 8.61. The van der Waals surface area contributed by atoms with Gasteiger partial charge in [0.2, 0.25) is 5.76 Å². The Labute approximate surface area is 204 Å². The van der Waals surface area contributed by atoms with E-state index in [1.54, 1.807) is 25.2 Å². The van der Waals surface area contributed by atoms with Crippen molar-refractivity contribution in [2.45, 2.75) is 19.9 Å². The summed E-state index contributed by atoms with van der Waals surface area (Å²) in [7, 11) is 3.14. The summed E-state index contributed by atoms with van der Waals surface area (Å²) in [6.07, 6.45) is 0. The number of hydrogen-bond donors (Lipinski definition) is 0. The summed E-state index contributed by atoms with van der Waals surface area (Å²) >= 11 is 0. The first-order chi connectivity index (χ1) is 16.9. The number of carbonyl (C=O) groups is 1. The molecule has 2 aliphatic heterocycles. The summed E-state index contributed by atoms with van der Waals surface area (Å²) in [4.78, 5) is 31.5. The van der Waals surface area contributed by atoms with Gasteiger partial charge in [0.25, 0.3) is 5.91 Å². The van der Waals surface area contributed by atoms with E-state index < -0.39 is 6.04 Å². The minimum absolute atomic E-state index is 0.118. The molecule has 1 aromatic heterocycles. The highest BCUT2D eigenvalue weighted by atomic mass is 16.5. The van der Waals surface area contributed by atoms with Gasteiger partial charge in [0, 0.05) is 26.2 Å². The Kier molecular flexibility index (Phi) is 6.25. The molecular formula is C27H30N2O6. The second-order valence-corrected chi connectivity index (χ2v) is 9.08. The number of morpholine rings is 1. The molecule has 8 nitrogen and oxygen atoms in total. The fourth-order valence-corrected chi connectivity index (χ4v) is 4.95. The second kappa shape index (κ2) is 9.36. The topological polar surface area (TPSA) is 81.5 Å². The monoisotopic (exact) mass is 478 g/mol. The minimum atomic E-state index is -0.583. The summed E-state index contributed by atoms with van der Waals surface area (Å²) < 4.78 is 22.5. The van der Waals surface area contributed by atoms with Crippen LogP contribution < -0.4 is 14.9 Å². The SMILES string of the molecule is COc1ccc(C2c3c(oc4cc(C)c(C)cc4c3=O)C(=O)N2CCN2CCOCC2)cc1OC. The maximum atomic E-state index is 13.8. The number of methoxy groups -OCH3 is 2. The quantitative estimate of drug-likeness (QED) is 0.538. The normalized spacial score (nSPS) is 18.2. The van der Waals surface area contributed by atoms with E-state index in [1.807, 2.05) is 38.1 Å². The molecule has 8 heteroatoms. The van der Waals surface area contributed by atoms with Crippen molar-refractivity contribution in [3.05, 3.63) is 68.6 Å². The predicted molar refractivity (Wildman–Crippen MR) is 132 cm³/mol. The Morgan fingerprint density at radius 1 is 0.943 bits per heavy atom. The maximum Gasteiger partial charge on any atom is 0.290 e. The third kappa shape index (κ3) is 4.06. The number of rotatable bonds is 6.